The fourth-order valence-corrected chi connectivity index (χ4v) is 2.54. The molecule has 0 spiro atoms. The number of carbonyl (C=O) groups is 1. The summed E-state index contributed by atoms with van der Waals surface area (Å²) in [5.74, 6) is -0.00356. The molecule has 16 heavy (non-hydrogen) atoms. The molecule has 0 radical (unpaired) electrons. The molecule has 1 aliphatic rings. The molecule has 0 atom stereocenters. The van der Waals surface area contributed by atoms with Crippen molar-refractivity contribution in [3.63, 3.8) is 0 Å². The van der Waals surface area contributed by atoms with Crippen molar-refractivity contribution in [2.45, 2.75) is 19.4 Å². The fourth-order valence-electron chi connectivity index (χ4n) is 1.46. The molecule has 6 nitrogen and oxygen atoms in total. The molecule has 1 aliphatic heterocycles. The van der Waals surface area contributed by atoms with Gasteiger partial charge < -0.3 is 10.6 Å². The third kappa shape index (κ3) is 4.46. The van der Waals surface area contributed by atoms with E-state index in [2.05, 4.69) is 15.4 Å². The largest absolute Gasteiger partial charge is 0.354 e. The highest BCUT2D eigenvalue weighted by molar-refractivity contribution is 7.88. The van der Waals surface area contributed by atoms with Gasteiger partial charge in [-0.25, -0.2) is 13.1 Å². The van der Waals surface area contributed by atoms with Crippen LogP contribution in [0.2, 0.25) is 0 Å². The van der Waals surface area contributed by atoms with Crippen LogP contribution >= 0.6 is 0 Å². The van der Waals surface area contributed by atoms with Crippen LogP contribution in [-0.2, 0) is 14.8 Å². The molecule has 1 saturated heterocycles. The van der Waals surface area contributed by atoms with Gasteiger partial charge in [-0.15, -0.1) is 0 Å². The van der Waals surface area contributed by atoms with E-state index >= 15 is 0 Å². The molecule has 94 valence electrons. The Morgan fingerprint density at radius 2 is 2.00 bits per heavy atom. The van der Waals surface area contributed by atoms with Gasteiger partial charge in [-0.3, -0.25) is 4.79 Å². The summed E-state index contributed by atoms with van der Waals surface area (Å²) >= 11 is 0. The van der Waals surface area contributed by atoms with Gasteiger partial charge >= 0.3 is 0 Å². The van der Waals surface area contributed by atoms with Crippen LogP contribution in [0.1, 0.15) is 13.8 Å². The van der Waals surface area contributed by atoms with Gasteiger partial charge in [0.1, 0.15) is 0 Å². The predicted octanol–water partition coefficient (Wildman–Crippen LogP) is -1.35. The highest BCUT2D eigenvalue weighted by Crippen LogP contribution is 2.05. The third-order valence-corrected chi connectivity index (χ3v) is 3.24. The van der Waals surface area contributed by atoms with E-state index in [0.29, 0.717) is 13.1 Å². The van der Waals surface area contributed by atoms with E-state index in [4.69, 9.17) is 0 Å². The Bertz CT molecular complexity index is 360. The number of nitrogens with one attached hydrogen (secondary N) is 3. The Balaban J connectivity index is 2.37. The number of sulfonamides is 1. The number of carbonyl (C=O) groups excluding carboxylic acids is 1. The Morgan fingerprint density at radius 3 is 2.38 bits per heavy atom. The molecule has 0 aromatic heterocycles. The molecule has 0 bridgehead atoms. The molecule has 3 N–H and O–H groups in total. The molecular weight excluding hydrogens is 230 g/mol. The first-order chi connectivity index (χ1) is 7.20. The molecule has 0 saturated carbocycles. The lowest BCUT2D eigenvalue weighted by atomic mass is 10.0. The lowest BCUT2D eigenvalue weighted by Gasteiger charge is -2.29. The number of amides is 1. The van der Waals surface area contributed by atoms with Gasteiger partial charge in [0.25, 0.3) is 0 Å². The zero-order chi connectivity index (χ0) is 12.4. The summed E-state index contributed by atoms with van der Waals surface area (Å²) in [6, 6.07) is 0. The Hall–Kier alpha value is -0.660. The van der Waals surface area contributed by atoms with Crippen molar-refractivity contribution in [3.8, 4) is 0 Å². The highest BCUT2D eigenvalue weighted by Gasteiger charge is 2.27. The van der Waals surface area contributed by atoms with E-state index in [0.717, 1.165) is 6.26 Å². The number of hydrogen-bond acceptors (Lipinski definition) is 4. The summed E-state index contributed by atoms with van der Waals surface area (Å²) in [4.78, 5) is 11.5. The summed E-state index contributed by atoms with van der Waals surface area (Å²) in [7, 11) is -3.26. The maximum Gasteiger partial charge on any atom is 0.225 e. The van der Waals surface area contributed by atoms with Gasteiger partial charge in [-0.05, 0) is 13.8 Å². The van der Waals surface area contributed by atoms with E-state index in [1.165, 1.54) is 0 Å². The normalized spacial score (nSPS) is 17.9. The summed E-state index contributed by atoms with van der Waals surface area (Å²) < 4.78 is 24.6. The van der Waals surface area contributed by atoms with Crippen LogP contribution in [0.3, 0.4) is 0 Å². The van der Waals surface area contributed by atoms with E-state index in [9.17, 15) is 13.2 Å². The summed E-state index contributed by atoms with van der Waals surface area (Å²) in [5, 5.41) is 5.75. The molecular formula is C9H19N3O3S. The average molecular weight is 249 g/mol. The zero-order valence-corrected chi connectivity index (χ0v) is 10.6. The molecule has 1 heterocycles. The maximum absolute atomic E-state index is 11.5. The molecule has 0 unspecified atom stereocenters. The fraction of sp³-hybridized carbons (Fsp3) is 0.889. The first-order valence-electron chi connectivity index (χ1n) is 5.17. The van der Waals surface area contributed by atoms with Gasteiger partial charge in [0, 0.05) is 25.2 Å². The Kier molecular flexibility index (Phi) is 3.92. The van der Waals surface area contributed by atoms with Gasteiger partial charge in [-0.1, -0.05) is 0 Å². The lowest BCUT2D eigenvalue weighted by molar-refractivity contribution is -0.126. The number of hydrogen-bond donors (Lipinski definition) is 3. The second-order valence-corrected chi connectivity index (χ2v) is 6.58. The van der Waals surface area contributed by atoms with Crippen LogP contribution < -0.4 is 15.4 Å². The smallest absolute Gasteiger partial charge is 0.225 e. The second kappa shape index (κ2) is 4.68. The molecule has 1 fully saturated rings. The van der Waals surface area contributed by atoms with Crippen LogP contribution in [0.25, 0.3) is 0 Å². The lowest BCUT2D eigenvalue weighted by Crippen LogP contribution is -2.55. The zero-order valence-electron chi connectivity index (χ0n) is 9.83. The Labute approximate surface area is 96.2 Å². The van der Waals surface area contributed by atoms with E-state index in [1.807, 2.05) is 0 Å². The third-order valence-electron chi connectivity index (χ3n) is 2.32. The summed E-state index contributed by atoms with van der Waals surface area (Å²) in [6.07, 6.45) is 1.10. The monoisotopic (exact) mass is 249 g/mol. The Morgan fingerprint density at radius 1 is 1.44 bits per heavy atom. The predicted molar refractivity (Wildman–Crippen MR) is 61.4 cm³/mol. The molecule has 0 aliphatic carbocycles. The first kappa shape index (κ1) is 13.4. The SMILES string of the molecule is CC(C)(CNC(=O)C1CNC1)NS(C)(=O)=O. The summed E-state index contributed by atoms with van der Waals surface area (Å²) in [5.41, 5.74) is -0.666. The van der Waals surface area contributed by atoms with Crippen molar-refractivity contribution in [1.82, 2.24) is 15.4 Å². The van der Waals surface area contributed by atoms with Crippen LogP contribution in [0.15, 0.2) is 0 Å². The van der Waals surface area contributed by atoms with Crippen LogP contribution in [-0.4, -0.2) is 45.8 Å². The van der Waals surface area contributed by atoms with Crippen molar-refractivity contribution >= 4 is 15.9 Å². The van der Waals surface area contributed by atoms with Crippen molar-refractivity contribution in [2.24, 2.45) is 5.92 Å². The molecule has 0 aromatic rings. The van der Waals surface area contributed by atoms with Crippen LogP contribution in [0.4, 0.5) is 0 Å². The minimum Gasteiger partial charge on any atom is -0.354 e. The highest BCUT2D eigenvalue weighted by atomic mass is 32.2. The minimum absolute atomic E-state index is 0.0223. The standard InChI is InChI=1S/C9H19N3O3S/c1-9(2,12-16(3,14)15)6-11-8(13)7-4-10-5-7/h7,10,12H,4-6H2,1-3H3,(H,11,13). The molecule has 0 aromatic carbocycles. The van der Waals surface area contributed by atoms with Crippen molar-refractivity contribution in [1.29, 1.82) is 0 Å². The van der Waals surface area contributed by atoms with Gasteiger partial charge in [0.2, 0.25) is 15.9 Å². The number of rotatable bonds is 5. The van der Waals surface area contributed by atoms with E-state index in [1.54, 1.807) is 13.8 Å². The van der Waals surface area contributed by atoms with Crippen LogP contribution in [0.5, 0.6) is 0 Å². The molecule has 7 heteroatoms. The van der Waals surface area contributed by atoms with Crippen molar-refractivity contribution < 1.29 is 13.2 Å². The van der Waals surface area contributed by atoms with Gasteiger partial charge in [0.05, 0.1) is 12.2 Å². The van der Waals surface area contributed by atoms with E-state index in [-0.39, 0.29) is 18.4 Å². The quantitative estimate of drug-likeness (QED) is 0.562. The second-order valence-electron chi connectivity index (χ2n) is 4.83. The summed E-state index contributed by atoms with van der Waals surface area (Å²) in [6.45, 7) is 5.15. The minimum atomic E-state index is -3.26. The van der Waals surface area contributed by atoms with E-state index < -0.39 is 15.6 Å². The van der Waals surface area contributed by atoms with Crippen molar-refractivity contribution in [3.05, 3.63) is 0 Å². The molecule has 1 amide bonds. The molecule has 1 rings (SSSR count). The van der Waals surface area contributed by atoms with Gasteiger partial charge in [-0.2, -0.15) is 0 Å². The van der Waals surface area contributed by atoms with Crippen LogP contribution in [0, 0.1) is 5.92 Å². The first-order valence-corrected chi connectivity index (χ1v) is 7.06. The van der Waals surface area contributed by atoms with Gasteiger partial charge in [0.15, 0.2) is 0 Å². The topological polar surface area (TPSA) is 87.3 Å². The van der Waals surface area contributed by atoms with Crippen molar-refractivity contribution in [2.75, 3.05) is 25.9 Å². The maximum atomic E-state index is 11.5. The average Bonchev–Trinajstić information content (AvgIpc) is 1.92.